The SMILES string of the molecule is O=C=Nc1ccc(-n2cc(Cl)cn2)c(F)c1. The molecule has 4 nitrogen and oxygen atoms in total. The highest BCUT2D eigenvalue weighted by Gasteiger charge is 2.06. The number of hydrogen-bond acceptors (Lipinski definition) is 3. The number of benzene rings is 1. The van der Waals surface area contributed by atoms with Crippen LogP contribution in [-0.4, -0.2) is 15.9 Å². The molecule has 0 radical (unpaired) electrons. The lowest BCUT2D eigenvalue weighted by molar-refractivity contribution is 0.565. The third-order valence-corrected chi connectivity index (χ3v) is 2.10. The van der Waals surface area contributed by atoms with Crippen molar-refractivity contribution in [1.29, 1.82) is 0 Å². The van der Waals surface area contributed by atoms with Crippen LogP contribution in [-0.2, 0) is 4.79 Å². The first-order valence-corrected chi connectivity index (χ1v) is 4.66. The number of hydrogen-bond donors (Lipinski definition) is 0. The Labute approximate surface area is 95.0 Å². The van der Waals surface area contributed by atoms with Gasteiger partial charge in [0.05, 0.1) is 16.9 Å². The van der Waals surface area contributed by atoms with Crippen molar-refractivity contribution in [3.8, 4) is 5.69 Å². The molecule has 0 aliphatic rings. The molecule has 1 aromatic heterocycles. The van der Waals surface area contributed by atoms with Crippen LogP contribution >= 0.6 is 11.6 Å². The molecule has 0 saturated heterocycles. The second-order valence-corrected chi connectivity index (χ2v) is 3.38. The van der Waals surface area contributed by atoms with Gasteiger partial charge in [0.15, 0.2) is 5.82 Å². The maximum absolute atomic E-state index is 13.6. The van der Waals surface area contributed by atoms with Crippen LogP contribution in [0.15, 0.2) is 35.6 Å². The van der Waals surface area contributed by atoms with Crippen LogP contribution in [0.25, 0.3) is 5.69 Å². The largest absolute Gasteiger partial charge is 0.240 e. The standard InChI is InChI=1S/C10H5ClFN3O/c11-7-4-14-15(5-7)10-2-1-8(13-6-16)3-9(10)12/h1-5H. The highest BCUT2D eigenvalue weighted by molar-refractivity contribution is 6.30. The molecule has 0 fully saturated rings. The van der Waals surface area contributed by atoms with Crippen molar-refractivity contribution in [3.05, 3.63) is 41.4 Å². The molecular formula is C10H5ClFN3O. The predicted octanol–water partition coefficient (Wildman–Crippen LogP) is 2.63. The minimum Gasteiger partial charge on any atom is -0.236 e. The molecule has 0 N–H and O–H groups in total. The van der Waals surface area contributed by atoms with E-state index in [-0.39, 0.29) is 11.4 Å². The Morgan fingerprint density at radius 1 is 1.50 bits per heavy atom. The highest BCUT2D eigenvalue weighted by atomic mass is 35.5. The molecule has 0 spiro atoms. The van der Waals surface area contributed by atoms with E-state index in [1.54, 1.807) is 0 Å². The number of halogens is 2. The minimum absolute atomic E-state index is 0.203. The Morgan fingerprint density at radius 3 is 2.88 bits per heavy atom. The molecular weight excluding hydrogens is 233 g/mol. The Morgan fingerprint density at radius 2 is 2.31 bits per heavy atom. The van der Waals surface area contributed by atoms with Crippen LogP contribution in [0.4, 0.5) is 10.1 Å². The van der Waals surface area contributed by atoms with Gasteiger partial charge in [0.1, 0.15) is 5.69 Å². The number of aromatic nitrogens is 2. The molecule has 80 valence electrons. The zero-order valence-electron chi connectivity index (χ0n) is 7.89. The van der Waals surface area contributed by atoms with E-state index in [0.29, 0.717) is 5.02 Å². The molecule has 2 rings (SSSR count). The van der Waals surface area contributed by atoms with E-state index in [9.17, 15) is 9.18 Å². The van der Waals surface area contributed by atoms with Gasteiger partial charge in [0.2, 0.25) is 6.08 Å². The lowest BCUT2D eigenvalue weighted by Gasteiger charge is -2.02. The summed E-state index contributed by atoms with van der Waals surface area (Å²) in [6.07, 6.45) is 4.22. The van der Waals surface area contributed by atoms with Crippen LogP contribution in [0.2, 0.25) is 5.02 Å². The number of carbonyl (C=O) groups excluding carboxylic acids is 1. The maximum atomic E-state index is 13.6. The first kappa shape index (κ1) is 10.5. The number of isocyanates is 1. The van der Waals surface area contributed by atoms with E-state index in [1.165, 1.54) is 35.3 Å². The smallest absolute Gasteiger partial charge is 0.236 e. The molecule has 0 aliphatic carbocycles. The number of nitrogens with zero attached hydrogens (tertiary/aromatic N) is 3. The summed E-state index contributed by atoms with van der Waals surface area (Å²) in [6.45, 7) is 0. The summed E-state index contributed by atoms with van der Waals surface area (Å²) >= 11 is 5.67. The van der Waals surface area contributed by atoms with Crippen LogP contribution in [0, 0.1) is 5.82 Å². The van der Waals surface area contributed by atoms with Gasteiger partial charge in [-0.1, -0.05) is 11.6 Å². The number of rotatable bonds is 2. The van der Waals surface area contributed by atoms with Crippen LogP contribution in [0.5, 0.6) is 0 Å². The van der Waals surface area contributed by atoms with E-state index < -0.39 is 5.82 Å². The second-order valence-electron chi connectivity index (χ2n) is 2.94. The van der Waals surface area contributed by atoms with Crippen molar-refractivity contribution in [3.63, 3.8) is 0 Å². The fraction of sp³-hybridized carbons (Fsp3) is 0. The van der Waals surface area contributed by atoms with Crippen LogP contribution in [0.1, 0.15) is 0 Å². The summed E-state index contributed by atoms with van der Waals surface area (Å²) in [5, 5.41) is 4.27. The van der Waals surface area contributed by atoms with Crippen molar-refractivity contribution in [1.82, 2.24) is 9.78 Å². The molecule has 0 bridgehead atoms. The molecule has 0 aliphatic heterocycles. The summed E-state index contributed by atoms with van der Waals surface area (Å²) in [6, 6.07) is 4.06. The quantitative estimate of drug-likeness (QED) is 0.595. The van der Waals surface area contributed by atoms with Crippen LogP contribution in [0.3, 0.4) is 0 Å². The molecule has 0 atom stereocenters. The maximum Gasteiger partial charge on any atom is 0.240 e. The topological polar surface area (TPSA) is 47.2 Å². The summed E-state index contributed by atoms with van der Waals surface area (Å²) in [5.74, 6) is -0.545. The molecule has 0 saturated carbocycles. The monoisotopic (exact) mass is 237 g/mol. The van der Waals surface area contributed by atoms with Gasteiger partial charge in [-0.3, -0.25) is 0 Å². The van der Waals surface area contributed by atoms with Gasteiger partial charge in [-0.2, -0.15) is 10.1 Å². The molecule has 6 heteroatoms. The van der Waals surface area contributed by atoms with E-state index in [0.717, 1.165) is 6.07 Å². The predicted molar refractivity (Wildman–Crippen MR) is 56.3 cm³/mol. The zero-order valence-corrected chi connectivity index (χ0v) is 8.65. The van der Waals surface area contributed by atoms with Crippen molar-refractivity contribution < 1.29 is 9.18 Å². The zero-order chi connectivity index (χ0) is 11.5. The Kier molecular flexibility index (Phi) is 2.81. The van der Waals surface area contributed by atoms with Gasteiger partial charge >= 0.3 is 0 Å². The molecule has 16 heavy (non-hydrogen) atoms. The summed E-state index contributed by atoms with van der Waals surface area (Å²) in [7, 11) is 0. The van der Waals surface area contributed by atoms with E-state index in [1.807, 2.05) is 0 Å². The second kappa shape index (κ2) is 4.26. The lowest BCUT2D eigenvalue weighted by Crippen LogP contribution is -1.97. The highest BCUT2D eigenvalue weighted by Crippen LogP contribution is 2.20. The van der Waals surface area contributed by atoms with Crippen molar-refractivity contribution in [2.75, 3.05) is 0 Å². The summed E-state index contributed by atoms with van der Waals surface area (Å²) in [5.41, 5.74) is 0.436. The fourth-order valence-corrected chi connectivity index (χ4v) is 1.37. The van der Waals surface area contributed by atoms with Gasteiger partial charge < -0.3 is 0 Å². The molecule has 2 aromatic rings. The van der Waals surface area contributed by atoms with Crippen LogP contribution < -0.4 is 0 Å². The summed E-state index contributed by atoms with van der Waals surface area (Å²) < 4.78 is 14.9. The lowest BCUT2D eigenvalue weighted by atomic mass is 10.2. The average molecular weight is 238 g/mol. The Bertz CT molecular complexity index is 575. The van der Waals surface area contributed by atoms with Gasteiger partial charge in [-0.25, -0.2) is 13.9 Å². The molecule has 0 unspecified atom stereocenters. The Balaban J connectivity index is 2.47. The molecule has 1 heterocycles. The van der Waals surface area contributed by atoms with E-state index in [4.69, 9.17) is 11.6 Å². The Hall–Kier alpha value is -1.97. The average Bonchev–Trinajstić information content (AvgIpc) is 2.65. The van der Waals surface area contributed by atoms with Gasteiger partial charge in [-0.05, 0) is 12.1 Å². The minimum atomic E-state index is -0.545. The summed E-state index contributed by atoms with van der Waals surface area (Å²) in [4.78, 5) is 13.3. The van der Waals surface area contributed by atoms with Crippen molar-refractivity contribution in [2.24, 2.45) is 4.99 Å². The molecule has 0 amide bonds. The van der Waals surface area contributed by atoms with Gasteiger partial charge in [0, 0.05) is 12.3 Å². The third-order valence-electron chi connectivity index (χ3n) is 1.90. The van der Waals surface area contributed by atoms with E-state index >= 15 is 0 Å². The first-order valence-electron chi connectivity index (χ1n) is 4.28. The normalized spacial score (nSPS) is 9.88. The first-order chi connectivity index (χ1) is 7.70. The van der Waals surface area contributed by atoms with Crippen molar-refractivity contribution >= 4 is 23.4 Å². The third kappa shape index (κ3) is 2.00. The number of aliphatic imine (C=N–C) groups is 1. The van der Waals surface area contributed by atoms with Gasteiger partial charge in [0.25, 0.3) is 0 Å². The molecule has 1 aromatic carbocycles. The fourth-order valence-electron chi connectivity index (χ4n) is 1.24. The van der Waals surface area contributed by atoms with E-state index in [2.05, 4.69) is 10.1 Å². The van der Waals surface area contributed by atoms with Crippen molar-refractivity contribution in [2.45, 2.75) is 0 Å². The van der Waals surface area contributed by atoms with Gasteiger partial charge in [-0.15, -0.1) is 0 Å².